The lowest BCUT2D eigenvalue weighted by molar-refractivity contribution is -0.143. The van der Waals surface area contributed by atoms with Gasteiger partial charge in [0.05, 0.1) is 22.7 Å². The van der Waals surface area contributed by atoms with E-state index in [0.29, 0.717) is 28.6 Å². The Bertz CT molecular complexity index is 2110. The average molecular weight is 757 g/mol. The summed E-state index contributed by atoms with van der Waals surface area (Å²) >= 11 is 0. The van der Waals surface area contributed by atoms with Gasteiger partial charge in [-0.3, -0.25) is 0 Å². The third-order valence-corrected chi connectivity index (χ3v) is 10.9. The maximum atomic E-state index is 14.4. The van der Waals surface area contributed by atoms with Crippen molar-refractivity contribution in [2.75, 3.05) is 5.32 Å². The van der Waals surface area contributed by atoms with E-state index in [-0.39, 0.29) is 11.6 Å². The van der Waals surface area contributed by atoms with Gasteiger partial charge in [-0.2, -0.15) is 26.3 Å². The quantitative estimate of drug-likeness (QED) is 0.0831. The van der Waals surface area contributed by atoms with Gasteiger partial charge in [0.1, 0.15) is 0 Å². The predicted molar refractivity (Wildman–Crippen MR) is 198 cm³/mol. The van der Waals surface area contributed by atoms with Crippen molar-refractivity contribution < 1.29 is 40.7 Å². The summed E-state index contributed by atoms with van der Waals surface area (Å²) in [6.45, 7) is 0. The van der Waals surface area contributed by atoms with Crippen molar-refractivity contribution in [1.82, 2.24) is 5.32 Å². The maximum absolute atomic E-state index is 14.4. The van der Waals surface area contributed by atoms with Crippen LogP contribution in [0.3, 0.4) is 0 Å². The second kappa shape index (κ2) is 16.4. The average Bonchev–Trinajstić information content (AvgIpc) is 3.17. The highest BCUT2D eigenvalue weighted by atomic mass is 31.1. The molecule has 5 nitrogen and oxygen atoms in total. The number of carbonyl (C=O) groups excluding carboxylic acids is 2. The summed E-state index contributed by atoms with van der Waals surface area (Å²) in [5.41, 5.74) is -2.74. The van der Waals surface area contributed by atoms with Crippen LogP contribution < -0.4 is 26.5 Å². The normalized spacial score (nSPS) is 12.8. The number of urea groups is 1. The van der Waals surface area contributed by atoms with Crippen LogP contribution in [0.2, 0.25) is 0 Å². The fourth-order valence-electron chi connectivity index (χ4n) is 5.90. The number of hydrogen-bond donors (Lipinski definition) is 2. The molecule has 0 saturated heterocycles. The number of anilines is 1. The first-order valence-corrected chi connectivity index (χ1v) is 17.9. The number of nitrogens with one attached hydrogen (secondary N) is 2. The van der Waals surface area contributed by atoms with Crippen molar-refractivity contribution in [3.8, 4) is 0 Å². The van der Waals surface area contributed by atoms with E-state index in [2.05, 4.69) is 10.6 Å². The summed E-state index contributed by atoms with van der Waals surface area (Å²) in [5, 5.41) is 7.48. The molecule has 6 rings (SSSR count). The third-order valence-electron chi connectivity index (χ3n) is 8.35. The Balaban J connectivity index is 1.38. The first-order chi connectivity index (χ1) is 25.9. The lowest BCUT2D eigenvalue weighted by atomic mass is 9.95. The SMILES string of the molecule is O=C(Nc1cc(C(F)(F)F)cc(C(F)(F)F)c1)N[C@H](c1ccccc1)[C@@H](OC(=O)c1ccccc1P(c1ccccc1)c1ccccc1)c1ccccc1. The molecule has 0 aliphatic carbocycles. The molecule has 0 radical (unpaired) electrons. The molecule has 0 aliphatic heterocycles. The monoisotopic (exact) mass is 756 g/mol. The molecule has 2 atom stereocenters. The summed E-state index contributed by atoms with van der Waals surface area (Å²) in [7, 11) is -1.24. The summed E-state index contributed by atoms with van der Waals surface area (Å²) < 4.78 is 87.8. The van der Waals surface area contributed by atoms with E-state index >= 15 is 0 Å². The standard InChI is InChI=1S/C42H31F6N2O3P/c43-41(44,45)30-25-31(42(46,47)48)27-32(26-30)49-40(52)50-37(28-15-5-1-6-16-28)38(29-17-7-2-8-18-29)53-39(51)35-23-13-14-24-36(35)54(33-19-9-3-10-20-33)34-21-11-4-12-22-34/h1-27,37-38H,(H2,49,50,52)/t37-,38+/m1/s1. The summed E-state index contributed by atoms with van der Waals surface area (Å²) in [4.78, 5) is 28.0. The molecule has 0 heterocycles. The van der Waals surface area contributed by atoms with Gasteiger partial charge in [0.2, 0.25) is 0 Å². The largest absolute Gasteiger partial charge is 0.451 e. The fraction of sp³-hybridized carbons (Fsp3) is 0.0952. The van der Waals surface area contributed by atoms with E-state index in [4.69, 9.17) is 4.74 Å². The van der Waals surface area contributed by atoms with Crippen LogP contribution in [-0.2, 0) is 17.1 Å². The fourth-order valence-corrected chi connectivity index (χ4v) is 8.34. The minimum atomic E-state index is -5.12. The lowest BCUT2D eigenvalue weighted by Crippen LogP contribution is -2.37. The molecule has 0 fully saturated rings. The maximum Gasteiger partial charge on any atom is 0.416 e. The van der Waals surface area contributed by atoms with Crippen LogP contribution in [-0.4, -0.2) is 12.0 Å². The smallest absolute Gasteiger partial charge is 0.416 e. The van der Waals surface area contributed by atoms with Crippen molar-refractivity contribution in [3.63, 3.8) is 0 Å². The van der Waals surface area contributed by atoms with Crippen molar-refractivity contribution in [2.45, 2.75) is 24.5 Å². The molecule has 6 aromatic carbocycles. The van der Waals surface area contributed by atoms with Crippen molar-refractivity contribution >= 4 is 41.5 Å². The second-order valence-corrected chi connectivity index (χ2v) is 14.2. The van der Waals surface area contributed by atoms with Gasteiger partial charge in [0.15, 0.2) is 6.10 Å². The van der Waals surface area contributed by atoms with E-state index in [1.807, 2.05) is 72.8 Å². The highest BCUT2D eigenvalue weighted by molar-refractivity contribution is 7.80. The van der Waals surface area contributed by atoms with Crippen LogP contribution in [0.4, 0.5) is 36.8 Å². The molecule has 0 aromatic heterocycles. The molecular formula is C42H31F6N2O3P. The third kappa shape index (κ3) is 9.16. The molecule has 54 heavy (non-hydrogen) atoms. The molecule has 0 bridgehead atoms. The zero-order valence-corrected chi connectivity index (χ0v) is 29.1. The summed E-state index contributed by atoms with van der Waals surface area (Å²) in [6.07, 6.45) is -11.5. The Morgan fingerprint density at radius 3 is 1.50 bits per heavy atom. The number of rotatable bonds is 10. The van der Waals surface area contributed by atoms with E-state index in [9.17, 15) is 35.9 Å². The van der Waals surface area contributed by atoms with Gasteiger partial charge in [0.25, 0.3) is 0 Å². The number of alkyl halides is 6. The molecule has 6 aromatic rings. The topological polar surface area (TPSA) is 67.4 Å². The zero-order chi connectivity index (χ0) is 38.3. The van der Waals surface area contributed by atoms with Crippen molar-refractivity contribution in [3.05, 3.63) is 192 Å². The molecule has 0 spiro atoms. The predicted octanol–water partition coefficient (Wildman–Crippen LogP) is 9.94. The van der Waals surface area contributed by atoms with Crippen molar-refractivity contribution in [2.24, 2.45) is 0 Å². The van der Waals surface area contributed by atoms with Gasteiger partial charge in [0, 0.05) is 5.69 Å². The Hall–Kier alpha value is -5.93. The van der Waals surface area contributed by atoms with E-state index in [1.54, 1.807) is 72.8 Å². The number of ether oxygens (including phenoxy) is 1. The van der Waals surface area contributed by atoms with Gasteiger partial charge in [-0.1, -0.05) is 140 Å². The van der Waals surface area contributed by atoms with Crippen LogP contribution in [0.5, 0.6) is 0 Å². The molecule has 2 amide bonds. The van der Waals surface area contributed by atoms with Gasteiger partial charge in [-0.15, -0.1) is 0 Å². The van der Waals surface area contributed by atoms with E-state index in [1.165, 1.54) is 0 Å². The second-order valence-electron chi connectivity index (χ2n) is 12.0. The molecule has 2 N–H and O–H groups in total. The van der Waals surface area contributed by atoms with Crippen LogP contribution in [0.25, 0.3) is 0 Å². The van der Waals surface area contributed by atoms with Crippen LogP contribution in [0.15, 0.2) is 164 Å². The molecule has 0 saturated carbocycles. The number of benzene rings is 6. The van der Waals surface area contributed by atoms with Gasteiger partial charge in [-0.25, -0.2) is 9.59 Å². The number of amides is 2. The first-order valence-electron chi connectivity index (χ1n) is 16.6. The number of carbonyl (C=O) groups is 2. The van der Waals surface area contributed by atoms with Crippen LogP contribution in [0, 0.1) is 0 Å². The summed E-state index contributed by atoms with van der Waals surface area (Å²) in [6, 6.07) is 41.9. The lowest BCUT2D eigenvalue weighted by Gasteiger charge is -2.30. The van der Waals surface area contributed by atoms with Crippen LogP contribution in [0.1, 0.15) is 44.8 Å². The number of halogens is 6. The Morgan fingerprint density at radius 1 is 0.556 bits per heavy atom. The van der Waals surface area contributed by atoms with Gasteiger partial charge < -0.3 is 15.4 Å². The van der Waals surface area contributed by atoms with E-state index in [0.717, 1.165) is 10.6 Å². The van der Waals surface area contributed by atoms with Crippen LogP contribution >= 0.6 is 7.92 Å². The Labute approximate surface area is 308 Å². The molecule has 0 unspecified atom stereocenters. The molecule has 0 aliphatic rings. The number of hydrogen-bond acceptors (Lipinski definition) is 3. The number of esters is 1. The first kappa shape index (κ1) is 37.8. The highest BCUT2D eigenvalue weighted by Gasteiger charge is 2.38. The van der Waals surface area contributed by atoms with Crippen molar-refractivity contribution in [1.29, 1.82) is 0 Å². The van der Waals surface area contributed by atoms with Gasteiger partial charge in [-0.05, 0) is 59.2 Å². The summed E-state index contributed by atoms with van der Waals surface area (Å²) in [5.74, 6) is -0.713. The van der Waals surface area contributed by atoms with E-state index < -0.39 is 61.2 Å². The Kier molecular flexibility index (Phi) is 11.5. The zero-order valence-electron chi connectivity index (χ0n) is 28.2. The minimum absolute atomic E-state index is 0.0277. The molecule has 274 valence electrons. The van der Waals surface area contributed by atoms with Gasteiger partial charge >= 0.3 is 24.4 Å². The Morgan fingerprint density at radius 2 is 1.00 bits per heavy atom. The minimum Gasteiger partial charge on any atom is -0.451 e. The highest BCUT2D eigenvalue weighted by Crippen LogP contribution is 2.39. The molecular weight excluding hydrogens is 725 g/mol. The molecule has 12 heteroatoms.